The number of benzene rings is 1. The molecular weight excluding hydrogens is 414 g/mol. The largest absolute Gasteiger partial charge is 0.458 e. The quantitative estimate of drug-likeness (QED) is 0.466. The summed E-state index contributed by atoms with van der Waals surface area (Å²) < 4.78 is 17.9. The maximum absolute atomic E-state index is 13.4. The minimum Gasteiger partial charge on any atom is -0.458 e. The lowest BCUT2D eigenvalue weighted by Crippen LogP contribution is -2.44. The molecule has 0 radical (unpaired) electrons. The Kier molecular flexibility index (Phi) is 3.94. The zero-order valence-corrected chi connectivity index (χ0v) is 17.7. The van der Waals surface area contributed by atoms with Crippen LogP contribution < -0.4 is 20.3 Å². The third-order valence-electron chi connectivity index (χ3n) is 6.65. The number of nitrogens with one attached hydrogen (secondary N) is 1. The number of carbonyl (C=O) groups excluding carboxylic acids is 1. The molecule has 1 atom stereocenters. The lowest BCUT2D eigenvalue weighted by atomic mass is 9.86. The van der Waals surface area contributed by atoms with Gasteiger partial charge in [-0.25, -0.2) is 9.78 Å². The first kappa shape index (κ1) is 19.3. The summed E-state index contributed by atoms with van der Waals surface area (Å²) in [7, 11) is 1.86. The number of fused-ring (bicyclic) bond motifs is 6. The number of hydrogen-bond acceptors (Lipinski definition) is 8. The Balaban J connectivity index is 1.65. The van der Waals surface area contributed by atoms with Gasteiger partial charge in [0.2, 0.25) is 6.79 Å². The molecule has 9 nitrogen and oxygen atoms in total. The van der Waals surface area contributed by atoms with Crippen LogP contribution >= 0.6 is 0 Å². The van der Waals surface area contributed by atoms with Gasteiger partial charge in [0.05, 0.1) is 29.0 Å². The van der Waals surface area contributed by atoms with E-state index in [0.29, 0.717) is 47.1 Å². The van der Waals surface area contributed by atoms with Crippen molar-refractivity contribution in [1.29, 1.82) is 0 Å². The number of carbonyl (C=O) groups is 1. The van der Waals surface area contributed by atoms with E-state index in [-0.39, 0.29) is 25.4 Å². The summed E-state index contributed by atoms with van der Waals surface area (Å²) in [6.45, 7) is 2.64. The fraction of sp³-hybridized carbons (Fsp3) is 0.348. The number of aromatic nitrogens is 2. The van der Waals surface area contributed by atoms with E-state index < -0.39 is 11.6 Å². The lowest BCUT2D eigenvalue weighted by molar-refractivity contribution is -0.172. The number of cyclic esters (lactones) is 1. The Morgan fingerprint density at radius 1 is 1.16 bits per heavy atom. The summed E-state index contributed by atoms with van der Waals surface area (Å²) in [6.07, 6.45) is 0.105. The summed E-state index contributed by atoms with van der Waals surface area (Å²) in [4.78, 5) is 30.6. The van der Waals surface area contributed by atoms with Crippen molar-refractivity contribution in [3.8, 4) is 22.9 Å². The van der Waals surface area contributed by atoms with Crippen molar-refractivity contribution in [2.45, 2.75) is 38.6 Å². The molecule has 5 heterocycles. The zero-order chi connectivity index (χ0) is 22.2. The van der Waals surface area contributed by atoms with Crippen molar-refractivity contribution in [2.24, 2.45) is 0 Å². The molecule has 0 bridgehead atoms. The molecule has 0 unspecified atom stereocenters. The summed E-state index contributed by atoms with van der Waals surface area (Å²) in [6, 6.07) is 5.49. The average molecular weight is 435 g/mol. The summed E-state index contributed by atoms with van der Waals surface area (Å²) >= 11 is 0. The Morgan fingerprint density at radius 3 is 2.69 bits per heavy atom. The van der Waals surface area contributed by atoms with E-state index in [0.717, 1.165) is 22.0 Å². The molecule has 9 heteroatoms. The van der Waals surface area contributed by atoms with Crippen LogP contribution in [0.5, 0.6) is 11.5 Å². The monoisotopic (exact) mass is 435 g/mol. The van der Waals surface area contributed by atoms with Gasteiger partial charge in [-0.3, -0.25) is 4.79 Å². The molecule has 0 saturated carbocycles. The average Bonchev–Trinajstić information content (AvgIpc) is 3.40. The van der Waals surface area contributed by atoms with Crippen LogP contribution in [-0.2, 0) is 34.8 Å². The van der Waals surface area contributed by atoms with Gasteiger partial charge in [0.15, 0.2) is 17.1 Å². The second-order valence-electron chi connectivity index (χ2n) is 8.27. The molecule has 3 aromatic rings. The maximum atomic E-state index is 13.4. The van der Waals surface area contributed by atoms with Gasteiger partial charge in [0.1, 0.15) is 6.61 Å². The molecule has 3 aliphatic rings. The molecule has 0 fully saturated rings. The first-order valence-corrected chi connectivity index (χ1v) is 10.5. The van der Waals surface area contributed by atoms with Crippen LogP contribution in [0.3, 0.4) is 0 Å². The van der Waals surface area contributed by atoms with Gasteiger partial charge in [0, 0.05) is 29.1 Å². The number of aliphatic hydroxyl groups is 1. The molecule has 3 aliphatic heterocycles. The number of esters is 1. The number of hydrogen-bond donors (Lipinski definition) is 2. The maximum Gasteiger partial charge on any atom is 0.343 e. The summed E-state index contributed by atoms with van der Waals surface area (Å²) in [5.41, 5.74) is 2.42. The van der Waals surface area contributed by atoms with Crippen LogP contribution in [0.15, 0.2) is 23.0 Å². The van der Waals surface area contributed by atoms with E-state index in [2.05, 4.69) is 5.32 Å². The van der Waals surface area contributed by atoms with E-state index in [4.69, 9.17) is 19.2 Å². The molecule has 2 aromatic heterocycles. The van der Waals surface area contributed by atoms with Crippen molar-refractivity contribution >= 4 is 16.9 Å². The molecule has 1 aromatic carbocycles. The zero-order valence-electron chi connectivity index (χ0n) is 17.7. The van der Waals surface area contributed by atoms with Gasteiger partial charge in [0.25, 0.3) is 5.56 Å². The molecule has 0 aliphatic carbocycles. The van der Waals surface area contributed by atoms with Crippen molar-refractivity contribution in [3.05, 3.63) is 50.8 Å². The SMILES string of the molecule is CC[C@@]1(O)C(=O)OCc2c1cc1n(c2=O)Cc2c-1nc1cc3c(cc1c2CNC)OCO3. The highest BCUT2D eigenvalue weighted by Crippen LogP contribution is 2.43. The molecule has 164 valence electrons. The van der Waals surface area contributed by atoms with Crippen LogP contribution in [-0.4, -0.2) is 34.5 Å². The van der Waals surface area contributed by atoms with E-state index in [1.807, 2.05) is 19.2 Å². The topological polar surface area (TPSA) is 112 Å². The van der Waals surface area contributed by atoms with Gasteiger partial charge in [-0.1, -0.05) is 6.92 Å². The minimum absolute atomic E-state index is 0.105. The second kappa shape index (κ2) is 6.54. The van der Waals surface area contributed by atoms with Gasteiger partial charge >= 0.3 is 5.97 Å². The van der Waals surface area contributed by atoms with Crippen LogP contribution in [0, 0.1) is 0 Å². The third-order valence-corrected chi connectivity index (χ3v) is 6.65. The Labute approximate surface area is 182 Å². The van der Waals surface area contributed by atoms with Crippen LogP contribution in [0.4, 0.5) is 0 Å². The fourth-order valence-electron chi connectivity index (χ4n) is 4.93. The molecular formula is C23H21N3O6. The van der Waals surface area contributed by atoms with Crippen molar-refractivity contribution in [3.63, 3.8) is 0 Å². The molecule has 0 spiro atoms. The van der Waals surface area contributed by atoms with E-state index >= 15 is 0 Å². The number of pyridine rings is 2. The smallest absolute Gasteiger partial charge is 0.343 e. The van der Waals surface area contributed by atoms with Gasteiger partial charge in [-0.05, 0) is 31.2 Å². The minimum atomic E-state index is -1.85. The first-order chi connectivity index (χ1) is 15.5. The molecule has 32 heavy (non-hydrogen) atoms. The molecule has 6 rings (SSSR count). The van der Waals surface area contributed by atoms with E-state index in [1.54, 1.807) is 17.6 Å². The van der Waals surface area contributed by atoms with E-state index in [1.165, 1.54) is 0 Å². The van der Waals surface area contributed by atoms with Gasteiger partial charge in [-0.15, -0.1) is 0 Å². The Hall–Kier alpha value is -3.43. The van der Waals surface area contributed by atoms with Crippen LogP contribution in [0.25, 0.3) is 22.3 Å². The highest BCUT2D eigenvalue weighted by atomic mass is 16.7. The number of nitrogens with zero attached hydrogens (tertiary/aromatic N) is 2. The predicted molar refractivity (Wildman–Crippen MR) is 113 cm³/mol. The van der Waals surface area contributed by atoms with Crippen molar-refractivity contribution in [2.75, 3.05) is 13.8 Å². The standard InChI is InChI=1S/C23H21N3O6/c1-3-23(29)15-5-17-20-13(8-26(17)21(27)14(15)9-30-22(23)28)12(7-24-2)11-4-18-19(32-10-31-18)6-16(11)25-20/h4-6,24,29H,3,7-10H2,1-2H3/t23-/m0/s1. The highest BCUT2D eigenvalue weighted by Gasteiger charge is 2.45. The Morgan fingerprint density at radius 2 is 1.94 bits per heavy atom. The fourth-order valence-corrected chi connectivity index (χ4v) is 4.93. The van der Waals surface area contributed by atoms with Gasteiger partial charge < -0.3 is 29.2 Å². The van der Waals surface area contributed by atoms with Crippen LogP contribution in [0.2, 0.25) is 0 Å². The van der Waals surface area contributed by atoms with Gasteiger partial charge in [-0.2, -0.15) is 0 Å². The van der Waals surface area contributed by atoms with E-state index in [9.17, 15) is 14.7 Å². The summed E-state index contributed by atoms with van der Waals surface area (Å²) in [5, 5.41) is 15.2. The molecule has 0 saturated heterocycles. The van der Waals surface area contributed by atoms with Crippen LogP contribution in [0.1, 0.15) is 35.6 Å². The highest BCUT2D eigenvalue weighted by molar-refractivity contribution is 5.91. The predicted octanol–water partition coefficient (Wildman–Crippen LogP) is 1.53. The van der Waals surface area contributed by atoms with Crippen molar-refractivity contribution < 1.29 is 24.1 Å². The molecule has 0 amide bonds. The Bertz CT molecular complexity index is 1400. The molecule has 2 N–H and O–H groups in total. The number of rotatable bonds is 3. The number of ether oxygens (including phenoxy) is 3. The third kappa shape index (κ3) is 2.37. The first-order valence-electron chi connectivity index (χ1n) is 10.5. The normalized spacial score (nSPS) is 20.2. The van der Waals surface area contributed by atoms with Crippen molar-refractivity contribution in [1.82, 2.24) is 14.9 Å². The lowest BCUT2D eigenvalue weighted by Gasteiger charge is -2.31. The summed E-state index contributed by atoms with van der Waals surface area (Å²) in [5.74, 6) is 0.567. The second-order valence-corrected chi connectivity index (χ2v) is 8.27.